The van der Waals surface area contributed by atoms with Gasteiger partial charge in [0, 0.05) is 111 Å². The number of hydrogen-bond acceptors (Lipinski definition) is 29. The normalized spacial score (nSPS) is 22.5. The summed E-state index contributed by atoms with van der Waals surface area (Å²) in [4.78, 5) is 150. The minimum atomic E-state index is -3.37. The van der Waals surface area contributed by atoms with Crippen LogP contribution in [0, 0.1) is 47.3 Å². The quantitative estimate of drug-likeness (QED) is 0.0183. The molecule has 0 bridgehead atoms. The van der Waals surface area contributed by atoms with Gasteiger partial charge in [0.1, 0.15) is 28.0 Å². The van der Waals surface area contributed by atoms with Crippen LogP contribution in [0.25, 0.3) is 5.32 Å². The number of hydrogen-bond donors (Lipinski definition) is 6. The smallest absolute Gasteiger partial charge is 1.00 e. The molecule has 9 aliphatic rings. The van der Waals surface area contributed by atoms with E-state index in [2.05, 4.69) is 33.4 Å². The van der Waals surface area contributed by atoms with Crippen LogP contribution in [-0.2, 0) is 66.6 Å². The molecule has 148 heavy (non-hydrogen) atoms. The Morgan fingerprint density at radius 3 is 0.905 bits per heavy atom. The van der Waals surface area contributed by atoms with Gasteiger partial charge in [-0.2, -0.15) is 8.42 Å². The minimum Gasteiger partial charge on any atom is -1.00 e. The molecular weight excluding hydrogens is 1980 g/mol. The molecular formula is C104H186BClF2KLiN11O26S. The minimum absolute atomic E-state index is 0. The van der Waals surface area contributed by atoms with Crippen LogP contribution in [0.5, 0.6) is 0 Å². The second-order valence-corrected chi connectivity index (χ2v) is 44.2. The molecule has 7 fully saturated rings. The molecule has 0 saturated heterocycles. The molecule has 0 spiro atoms. The second kappa shape index (κ2) is 77.0. The zero-order chi connectivity index (χ0) is 111. The van der Waals surface area contributed by atoms with Crippen LogP contribution in [-0.4, -0.2) is 308 Å². The summed E-state index contributed by atoms with van der Waals surface area (Å²) in [5.74, 6) is 9.19. The third-order valence-corrected chi connectivity index (χ3v) is 26.1. The van der Waals surface area contributed by atoms with Crippen molar-refractivity contribution in [1.82, 2.24) is 29.4 Å². The van der Waals surface area contributed by atoms with Crippen LogP contribution in [0.3, 0.4) is 0 Å². The predicted molar refractivity (Wildman–Crippen MR) is 566 cm³/mol. The van der Waals surface area contributed by atoms with Gasteiger partial charge in [0.2, 0.25) is 0 Å². The van der Waals surface area contributed by atoms with Crippen LogP contribution in [0.15, 0.2) is 48.5 Å². The van der Waals surface area contributed by atoms with E-state index in [9.17, 15) is 74.7 Å². The standard InChI is InChI=1S/C21H28N2O4.C14H27NO5S.C14H25NO4.C13H26N2O2.C13H25NO3.C9H16O2.C8H5NO2.C8H15NO2.C2H6O.2CH3F.B.ClH.K.Li.H4N2.H2O.H/c1-21(2,3)27-20(26)22(4)15-11-9-14(10-12-15)13-23-18(24)16-7-5-6-8-17(16)19(23)25;1-14(2,3)20-13(16)15(4)12-8-6-11(7-9-12)10-19-21(5,17)18;1-14(2,3)19-13(17)15(4)11-8-6-10(7-9-11)12(16)18-5;1-13(2,3)17-12(16)15(4)11-7-5-10(9-14)6-8-11;1-13(2,3)17-12(16)14(4)11-7-5-10(9-15)6-8-11;1-7-3-5-8(6-4-7)9(10)11-2;10-7-5-3-1-2-4-6(5)8(11)9-7;1-11-8(10)6-2-4-7(9)5-3-6;1-2-3;2*1-2;;;;;1-2;;/h5-8,14-15H,9-13H2,1-4H3;11-12H,6-10H2,1-5H3;10-11H,6-9H2,1-5H3;10-11H,5-9,14H2,1-4H3;10-11,15H,5-9H2,1-4H3;7-8H,3-6H2,1-2H3;1-4H,(H,9,10,11);6-7H,2-5,9H2,1H3;3H,2H2,1H3;2*1H3;;1H;;;1-2H2;1H2;/q;;;;;;;;;;;;;2*+1;;;-1/p-1/i;;;;;;;;;2*1D;;;;;;;. The van der Waals surface area contributed by atoms with Gasteiger partial charge in [-0.1, -0.05) is 43.3 Å². The van der Waals surface area contributed by atoms with Crippen molar-refractivity contribution in [2.75, 3.05) is 110 Å². The van der Waals surface area contributed by atoms with Crippen molar-refractivity contribution >= 4 is 103 Å². The first-order valence-electron chi connectivity index (χ1n) is 51.4. The fourth-order valence-electron chi connectivity index (χ4n) is 17.3. The number of methoxy groups -OCH3 is 3. The van der Waals surface area contributed by atoms with E-state index < -0.39 is 64.2 Å². The molecule has 3 radical (unpaired) electrons. The van der Waals surface area contributed by atoms with E-state index in [1.165, 1.54) is 39.1 Å². The van der Waals surface area contributed by atoms with E-state index in [0.717, 1.165) is 186 Å². The van der Waals surface area contributed by atoms with E-state index in [4.69, 9.17) is 57.0 Å². The van der Waals surface area contributed by atoms with Gasteiger partial charge in [0.15, 0.2) is 0 Å². The summed E-state index contributed by atoms with van der Waals surface area (Å²) in [6, 6.07) is 14.9. The Balaban J connectivity index is -0.000000312. The van der Waals surface area contributed by atoms with Crippen molar-refractivity contribution in [3.05, 3.63) is 76.1 Å². The van der Waals surface area contributed by atoms with Crippen molar-refractivity contribution in [2.24, 2.45) is 70.5 Å². The number of carbonyl (C=O) groups excluding carboxylic acids is 12. The molecule has 2 aromatic rings. The third kappa shape index (κ3) is 60.4. The molecule has 9 amide bonds. The number of halogens is 3. The Bertz CT molecular complexity index is 4130. The molecule has 37 nitrogen and oxygen atoms in total. The van der Waals surface area contributed by atoms with Crippen LogP contribution < -0.4 is 93.4 Å². The number of aliphatic hydroxyl groups excluding tert-OH is 2. The van der Waals surface area contributed by atoms with E-state index in [1.54, 1.807) is 108 Å². The number of hydrazine groups is 1. The van der Waals surface area contributed by atoms with Gasteiger partial charge in [-0.05, 0) is 339 Å². The SMILES string of the molecule is CCO.CN(C(=O)OC(C)(C)C)C1CCC(CN)CC1.CN(C(=O)OC(C)(C)C)C1CCC(CN2C(=O)c3ccccc3C2=O)CC1.CN(C(=O)OC(C)(C)C)C1CCC(CO)CC1.CN(C(=O)OC(C)(C)C)C1CCC(COS(C)(=O)=O)CC1.COC(=O)C1CCC(C)CC1.COC(=O)C1CCC(N(C)C(=O)OC(C)(C)C)CC1.COC(=O)C1CCC(N)CC1.Cl.NN.O.O=C1[N-]C(=O)c2ccccc21.[2H]CF.[2H]CF.[B].[H-].[K+].[Li+]. The number of rotatable bonds is 15. The van der Waals surface area contributed by atoms with Crippen molar-refractivity contribution in [2.45, 2.75) is 362 Å². The molecule has 845 valence electrons. The summed E-state index contributed by atoms with van der Waals surface area (Å²) in [5, 5.41) is 19.9. The fraction of sp³-hybridized carbons (Fsp3) is 0.769. The number of aliphatic hydroxyl groups is 2. The molecule has 2 heterocycles. The molecule has 11 rings (SSSR count). The average Bonchev–Trinajstić information content (AvgIpc) is 1.63. The number of carbonyl (C=O) groups is 12. The molecule has 0 atom stereocenters. The summed E-state index contributed by atoms with van der Waals surface area (Å²) < 4.78 is 98.7. The first-order chi connectivity index (χ1) is 67.6. The van der Waals surface area contributed by atoms with Gasteiger partial charge in [-0.25, -0.2) is 24.0 Å². The van der Waals surface area contributed by atoms with Gasteiger partial charge >= 0.3 is 119 Å². The molecule has 0 aromatic heterocycles. The third-order valence-electron chi connectivity index (χ3n) is 25.5. The zero-order valence-electron chi connectivity index (χ0n) is 97.3. The van der Waals surface area contributed by atoms with E-state index >= 15 is 0 Å². The van der Waals surface area contributed by atoms with Gasteiger partial charge in [-0.3, -0.25) is 53.5 Å². The Kier molecular flexibility index (Phi) is 76.9. The van der Waals surface area contributed by atoms with Crippen molar-refractivity contribution in [3.8, 4) is 0 Å². The number of imide groups is 2. The largest absolute Gasteiger partial charge is 1.00 e. The first-order valence-corrected chi connectivity index (χ1v) is 51.8. The van der Waals surface area contributed by atoms with Crippen molar-refractivity contribution < 1.29 is 207 Å². The summed E-state index contributed by atoms with van der Waals surface area (Å²) >= 11 is 0. The number of amides is 9. The number of benzene rings is 2. The van der Waals surface area contributed by atoms with E-state index in [1.807, 2.05) is 111 Å². The average molecular weight is 2170 g/mol. The molecule has 2 aliphatic heterocycles. The maximum absolute atomic E-state index is 12.5. The fourth-order valence-corrected chi connectivity index (χ4v) is 17.8. The Morgan fingerprint density at radius 1 is 0.446 bits per heavy atom. The van der Waals surface area contributed by atoms with Gasteiger partial charge in [0.05, 0.1) is 91.9 Å². The topological polar surface area (TPSA) is 532 Å². The number of fused-ring (bicyclic) bond motifs is 2. The Labute approximate surface area is 950 Å². The summed E-state index contributed by atoms with van der Waals surface area (Å²) in [5.41, 5.74) is 10.8. The van der Waals surface area contributed by atoms with Crippen LogP contribution >= 0.6 is 12.4 Å². The Morgan fingerprint density at radius 2 is 0.669 bits per heavy atom. The molecule has 7 aliphatic carbocycles. The molecule has 2 aromatic carbocycles. The maximum Gasteiger partial charge on any atom is 1.00 e. The number of nitrogens with two attached hydrogens (primary N) is 4. The van der Waals surface area contributed by atoms with Gasteiger partial charge in [0.25, 0.3) is 21.9 Å². The zero-order valence-corrected chi connectivity index (χ0v) is 99.1. The Hall–Kier alpha value is -6.44. The second-order valence-electron chi connectivity index (χ2n) is 42.6. The van der Waals surface area contributed by atoms with E-state index in [0.29, 0.717) is 52.7 Å². The predicted octanol–water partition coefficient (Wildman–Crippen LogP) is 10.8. The molecule has 44 heteroatoms. The van der Waals surface area contributed by atoms with Crippen LogP contribution in [0.4, 0.5) is 32.8 Å². The van der Waals surface area contributed by atoms with Gasteiger partial charge in [-0.15, -0.1) is 12.4 Å². The molecule has 12 N–H and O–H groups in total. The number of alkyl halides is 2. The molecule has 0 unspecified atom stereocenters. The first kappa shape index (κ1) is 148. The number of esters is 3. The summed E-state index contributed by atoms with van der Waals surface area (Å²) in [6.07, 6.45) is 26.1. The van der Waals surface area contributed by atoms with E-state index in [-0.39, 0.29) is 232 Å². The van der Waals surface area contributed by atoms with Gasteiger partial charge < -0.3 is 106 Å². The van der Waals surface area contributed by atoms with Crippen LogP contribution in [0.1, 0.15) is 343 Å². The van der Waals surface area contributed by atoms with Crippen molar-refractivity contribution in [3.63, 3.8) is 0 Å². The van der Waals surface area contributed by atoms with Crippen LogP contribution in [0.2, 0.25) is 0 Å². The summed E-state index contributed by atoms with van der Waals surface area (Å²) in [7, 11) is 7.90. The number of nitrogens with zero attached hydrogens (tertiary/aromatic N) is 7. The monoisotopic (exact) mass is 2170 g/mol. The number of ether oxygens (including phenoxy) is 8. The maximum atomic E-state index is 12.5. The van der Waals surface area contributed by atoms with Crippen molar-refractivity contribution in [1.29, 1.82) is 0 Å². The summed E-state index contributed by atoms with van der Waals surface area (Å²) in [6.45, 7) is 33.9. The molecule has 7 saturated carbocycles.